The van der Waals surface area contributed by atoms with Crippen LogP contribution in [0, 0.1) is 5.82 Å². The number of unbranched alkanes of at least 4 members (excludes halogenated alkanes) is 1. The Balaban J connectivity index is 2.67. The fraction of sp³-hybridized carbons (Fsp3) is 0.462. The van der Waals surface area contributed by atoms with Gasteiger partial charge in [-0.2, -0.15) is 0 Å². The lowest BCUT2D eigenvalue weighted by Gasteiger charge is -2.16. The molecule has 0 fully saturated rings. The molecule has 0 spiro atoms. The van der Waals surface area contributed by atoms with E-state index in [0.29, 0.717) is 6.54 Å². The first-order valence-electron chi connectivity index (χ1n) is 5.75. The van der Waals surface area contributed by atoms with Crippen LogP contribution in [-0.2, 0) is 6.54 Å². The Labute approximate surface area is 101 Å². The van der Waals surface area contributed by atoms with Crippen LogP contribution in [-0.4, -0.2) is 29.6 Å². The lowest BCUT2D eigenvalue weighted by atomic mass is 10.1. The van der Waals surface area contributed by atoms with Crippen molar-refractivity contribution in [3.63, 3.8) is 0 Å². The third-order valence-corrected chi connectivity index (χ3v) is 2.61. The highest BCUT2D eigenvalue weighted by molar-refractivity contribution is 5.87. The number of nitrogens with zero attached hydrogens (tertiary/aromatic N) is 1. The first kappa shape index (κ1) is 13.6. The van der Waals surface area contributed by atoms with Gasteiger partial charge in [0.15, 0.2) is 0 Å². The maximum absolute atomic E-state index is 13.4. The number of hydrogen-bond acceptors (Lipinski definition) is 2. The van der Waals surface area contributed by atoms with E-state index in [1.807, 2.05) is 7.05 Å². The van der Waals surface area contributed by atoms with Crippen LogP contribution in [0.25, 0.3) is 0 Å². The first-order chi connectivity index (χ1) is 8.04. The Hall–Kier alpha value is -1.42. The molecule has 0 radical (unpaired) electrons. The van der Waals surface area contributed by atoms with Crippen molar-refractivity contribution in [2.75, 3.05) is 13.6 Å². The van der Waals surface area contributed by atoms with E-state index in [4.69, 9.17) is 5.11 Å². The van der Waals surface area contributed by atoms with E-state index < -0.39 is 11.8 Å². The highest BCUT2D eigenvalue weighted by Crippen LogP contribution is 2.12. The zero-order valence-electron chi connectivity index (χ0n) is 10.2. The maximum Gasteiger partial charge on any atom is 0.338 e. The predicted molar refractivity (Wildman–Crippen MR) is 64.6 cm³/mol. The van der Waals surface area contributed by atoms with Crippen LogP contribution in [0.15, 0.2) is 18.2 Å². The molecule has 0 aliphatic rings. The van der Waals surface area contributed by atoms with Crippen LogP contribution < -0.4 is 0 Å². The molecule has 1 aromatic rings. The molecule has 0 unspecified atom stereocenters. The van der Waals surface area contributed by atoms with Gasteiger partial charge in [-0.05, 0) is 37.7 Å². The van der Waals surface area contributed by atoms with Crippen LogP contribution in [0.2, 0.25) is 0 Å². The van der Waals surface area contributed by atoms with Crippen LogP contribution in [0.5, 0.6) is 0 Å². The second-order valence-corrected chi connectivity index (χ2v) is 4.21. The van der Waals surface area contributed by atoms with Gasteiger partial charge in [-0.25, -0.2) is 9.18 Å². The molecule has 3 nitrogen and oxygen atoms in total. The summed E-state index contributed by atoms with van der Waals surface area (Å²) in [5.74, 6) is -1.90. The van der Waals surface area contributed by atoms with Gasteiger partial charge in [0.2, 0.25) is 0 Å². The molecule has 0 aliphatic carbocycles. The monoisotopic (exact) mass is 239 g/mol. The quantitative estimate of drug-likeness (QED) is 0.829. The van der Waals surface area contributed by atoms with Crippen LogP contribution in [0.4, 0.5) is 4.39 Å². The standard InChI is InChI=1S/C13H18FNO2/c1-3-4-7-15(2)9-10-5-6-11(13(16)17)12(14)8-10/h5-6,8H,3-4,7,9H2,1-2H3,(H,16,17). The number of hydrogen-bond donors (Lipinski definition) is 1. The lowest BCUT2D eigenvalue weighted by Crippen LogP contribution is -2.19. The second kappa shape index (κ2) is 6.35. The molecular formula is C13H18FNO2. The molecule has 0 saturated heterocycles. The molecule has 1 aromatic carbocycles. The van der Waals surface area contributed by atoms with Gasteiger partial charge in [-0.1, -0.05) is 19.4 Å². The molecular weight excluding hydrogens is 221 g/mol. The molecule has 0 aliphatic heterocycles. The summed E-state index contributed by atoms with van der Waals surface area (Å²) in [6.45, 7) is 3.71. The molecule has 4 heteroatoms. The SMILES string of the molecule is CCCCN(C)Cc1ccc(C(=O)O)c(F)c1. The zero-order valence-corrected chi connectivity index (χ0v) is 10.2. The molecule has 0 heterocycles. The third-order valence-electron chi connectivity index (χ3n) is 2.61. The number of carboxylic acids is 1. The summed E-state index contributed by atoms with van der Waals surface area (Å²) < 4.78 is 13.4. The number of halogens is 1. The van der Waals surface area contributed by atoms with Crippen molar-refractivity contribution < 1.29 is 14.3 Å². The molecule has 0 atom stereocenters. The van der Waals surface area contributed by atoms with Crippen LogP contribution in [0.3, 0.4) is 0 Å². The summed E-state index contributed by atoms with van der Waals surface area (Å²) >= 11 is 0. The summed E-state index contributed by atoms with van der Waals surface area (Å²) in [5, 5.41) is 8.70. The van der Waals surface area contributed by atoms with E-state index in [-0.39, 0.29) is 5.56 Å². The molecule has 94 valence electrons. The average molecular weight is 239 g/mol. The summed E-state index contributed by atoms with van der Waals surface area (Å²) in [4.78, 5) is 12.7. The van der Waals surface area contributed by atoms with E-state index in [1.54, 1.807) is 6.07 Å². The van der Waals surface area contributed by atoms with Gasteiger partial charge < -0.3 is 10.0 Å². The van der Waals surface area contributed by atoms with Gasteiger partial charge >= 0.3 is 5.97 Å². The van der Waals surface area contributed by atoms with E-state index >= 15 is 0 Å². The number of carbonyl (C=O) groups is 1. The van der Waals surface area contributed by atoms with Gasteiger partial charge in [0, 0.05) is 6.54 Å². The maximum atomic E-state index is 13.4. The highest BCUT2D eigenvalue weighted by atomic mass is 19.1. The van der Waals surface area contributed by atoms with Gasteiger partial charge in [-0.15, -0.1) is 0 Å². The number of aromatic carboxylic acids is 1. The minimum Gasteiger partial charge on any atom is -0.478 e. The fourth-order valence-electron chi connectivity index (χ4n) is 1.65. The van der Waals surface area contributed by atoms with Crippen molar-refractivity contribution in [2.45, 2.75) is 26.3 Å². The fourth-order valence-corrected chi connectivity index (χ4v) is 1.65. The smallest absolute Gasteiger partial charge is 0.338 e. The van der Waals surface area contributed by atoms with E-state index in [1.165, 1.54) is 12.1 Å². The number of rotatable bonds is 6. The molecule has 0 amide bonds. The Morgan fingerprint density at radius 2 is 2.18 bits per heavy atom. The topological polar surface area (TPSA) is 40.5 Å². The van der Waals surface area contributed by atoms with Crippen molar-refractivity contribution >= 4 is 5.97 Å². The highest BCUT2D eigenvalue weighted by Gasteiger charge is 2.10. The first-order valence-corrected chi connectivity index (χ1v) is 5.75. The van der Waals surface area contributed by atoms with Crippen molar-refractivity contribution in [3.8, 4) is 0 Å². The van der Waals surface area contributed by atoms with Crippen molar-refractivity contribution in [2.24, 2.45) is 0 Å². The summed E-state index contributed by atoms with van der Waals surface area (Å²) in [6.07, 6.45) is 2.23. The average Bonchev–Trinajstić information content (AvgIpc) is 2.26. The second-order valence-electron chi connectivity index (χ2n) is 4.21. The summed E-state index contributed by atoms with van der Waals surface area (Å²) in [7, 11) is 1.97. The molecule has 0 bridgehead atoms. The molecule has 1 rings (SSSR count). The van der Waals surface area contributed by atoms with E-state index in [2.05, 4.69) is 11.8 Å². The molecule has 17 heavy (non-hydrogen) atoms. The Kier molecular flexibility index (Phi) is 5.10. The zero-order chi connectivity index (χ0) is 12.8. The Bertz CT molecular complexity index is 393. The number of carboxylic acid groups (broad SMARTS) is 1. The van der Waals surface area contributed by atoms with Gasteiger partial charge in [0.05, 0.1) is 5.56 Å². The van der Waals surface area contributed by atoms with E-state index in [0.717, 1.165) is 24.9 Å². The Morgan fingerprint density at radius 3 is 2.71 bits per heavy atom. The minimum absolute atomic E-state index is 0.273. The summed E-state index contributed by atoms with van der Waals surface area (Å²) in [6, 6.07) is 4.28. The lowest BCUT2D eigenvalue weighted by molar-refractivity contribution is 0.0692. The molecule has 0 aromatic heterocycles. The van der Waals surface area contributed by atoms with Gasteiger partial charge in [0.1, 0.15) is 5.82 Å². The summed E-state index contributed by atoms with van der Waals surface area (Å²) in [5.41, 5.74) is 0.524. The van der Waals surface area contributed by atoms with Crippen molar-refractivity contribution in [3.05, 3.63) is 35.1 Å². The van der Waals surface area contributed by atoms with Crippen molar-refractivity contribution in [1.29, 1.82) is 0 Å². The normalized spacial score (nSPS) is 10.8. The predicted octanol–water partition coefficient (Wildman–Crippen LogP) is 2.76. The Morgan fingerprint density at radius 1 is 1.47 bits per heavy atom. The van der Waals surface area contributed by atoms with Gasteiger partial charge in [0.25, 0.3) is 0 Å². The number of benzene rings is 1. The third kappa shape index (κ3) is 4.15. The van der Waals surface area contributed by atoms with Crippen molar-refractivity contribution in [1.82, 2.24) is 4.90 Å². The molecule has 0 saturated carbocycles. The largest absolute Gasteiger partial charge is 0.478 e. The van der Waals surface area contributed by atoms with E-state index in [9.17, 15) is 9.18 Å². The van der Waals surface area contributed by atoms with Gasteiger partial charge in [-0.3, -0.25) is 0 Å². The van der Waals surface area contributed by atoms with Crippen LogP contribution >= 0.6 is 0 Å². The van der Waals surface area contributed by atoms with Crippen LogP contribution in [0.1, 0.15) is 35.7 Å². The molecule has 1 N–H and O–H groups in total. The minimum atomic E-state index is -1.23.